The zero-order valence-electron chi connectivity index (χ0n) is 11.8. The van der Waals surface area contributed by atoms with Crippen LogP contribution in [0.5, 0.6) is 0 Å². The van der Waals surface area contributed by atoms with Crippen LogP contribution < -0.4 is 4.90 Å². The highest BCUT2D eigenvalue weighted by atomic mass is 16.1. The van der Waals surface area contributed by atoms with Crippen LogP contribution in [-0.2, 0) is 0 Å². The molecule has 0 aliphatic carbocycles. The van der Waals surface area contributed by atoms with Crippen molar-refractivity contribution >= 4 is 17.3 Å². The number of nitrogens with zero attached hydrogens (tertiary/aromatic N) is 2. The second-order valence-corrected chi connectivity index (χ2v) is 4.81. The van der Waals surface area contributed by atoms with Gasteiger partial charge in [0.25, 0.3) is 0 Å². The van der Waals surface area contributed by atoms with Crippen LogP contribution in [0.4, 0.5) is 11.5 Å². The number of hydrogen-bond acceptors (Lipinski definition) is 3. The highest BCUT2D eigenvalue weighted by molar-refractivity contribution is 5.94. The molecule has 0 saturated carbocycles. The third-order valence-electron chi connectivity index (χ3n) is 3.21. The average molecular weight is 254 g/mol. The maximum atomic E-state index is 11.4. The summed E-state index contributed by atoms with van der Waals surface area (Å²) in [5.74, 6) is 0.831. The summed E-state index contributed by atoms with van der Waals surface area (Å²) in [4.78, 5) is 17.8. The van der Waals surface area contributed by atoms with Gasteiger partial charge in [-0.05, 0) is 44.5 Å². The molecule has 0 spiro atoms. The van der Waals surface area contributed by atoms with Gasteiger partial charge in [-0.3, -0.25) is 4.79 Å². The molecule has 2 aromatic rings. The predicted octanol–water partition coefficient (Wildman–Crippen LogP) is 3.67. The molecule has 0 bridgehead atoms. The van der Waals surface area contributed by atoms with Gasteiger partial charge in [-0.1, -0.05) is 17.7 Å². The molecular weight excluding hydrogens is 236 g/mol. The minimum Gasteiger partial charge on any atom is -0.329 e. The van der Waals surface area contributed by atoms with Crippen LogP contribution >= 0.6 is 0 Å². The summed E-state index contributed by atoms with van der Waals surface area (Å²) >= 11 is 0. The lowest BCUT2D eigenvalue weighted by molar-refractivity contribution is 0.101. The Hall–Kier alpha value is -2.16. The number of Topliss-reactive ketones (excluding diaryl/α,β-unsaturated/α-hetero) is 1. The van der Waals surface area contributed by atoms with E-state index in [-0.39, 0.29) is 5.78 Å². The first-order chi connectivity index (χ1) is 8.99. The van der Waals surface area contributed by atoms with Crippen LogP contribution in [0.2, 0.25) is 0 Å². The first kappa shape index (κ1) is 13.3. The number of rotatable bonds is 3. The molecule has 0 amide bonds. The molecule has 0 N–H and O–H groups in total. The van der Waals surface area contributed by atoms with Crippen molar-refractivity contribution in [2.75, 3.05) is 11.9 Å². The highest BCUT2D eigenvalue weighted by Crippen LogP contribution is 2.26. The maximum Gasteiger partial charge on any atom is 0.159 e. The normalized spacial score (nSPS) is 10.3. The number of ketones is 1. The van der Waals surface area contributed by atoms with Crippen molar-refractivity contribution in [1.82, 2.24) is 4.98 Å². The number of aromatic nitrogens is 1. The van der Waals surface area contributed by atoms with Crippen molar-refractivity contribution in [3.8, 4) is 0 Å². The lowest BCUT2D eigenvalue weighted by atomic mass is 10.1. The number of carbonyl (C=O) groups excluding carboxylic acids is 1. The lowest BCUT2D eigenvalue weighted by Crippen LogP contribution is -2.13. The fourth-order valence-corrected chi connectivity index (χ4v) is 2.13. The van der Waals surface area contributed by atoms with E-state index in [9.17, 15) is 4.79 Å². The third-order valence-corrected chi connectivity index (χ3v) is 3.21. The summed E-state index contributed by atoms with van der Waals surface area (Å²) in [7, 11) is 1.96. The van der Waals surface area contributed by atoms with E-state index in [1.807, 2.05) is 18.0 Å². The lowest BCUT2D eigenvalue weighted by Gasteiger charge is -2.21. The highest BCUT2D eigenvalue weighted by Gasteiger charge is 2.10. The minimum atomic E-state index is 0.0534. The van der Waals surface area contributed by atoms with E-state index in [4.69, 9.17) is 0 Å². The fourth-order valence-electron chi connectivity index (χ4n) is 2.13. The molecule has 1 aromatic carbocycles. The smallest absolute Gasteiger partial charge is 0.159 e. The van der Waals surface area contributed by atoms with Crippen LogP contribution in [-0.4, -0.2) is 17.8 Å². The Morgan fingerprint density at radius 1 is 1.16 bits per heavy atom. The van der Waals surface area contributed by atoms with Crippen molar-refractivity contribution in [3.05, 3.63) is 53.2 Å². The van der Waals surface area contributed by atoms with Gasteiger partial charge in [0.15, 0.2) is 5.78 Å². The topological polar surface area (TPSA) is 33.2 Å². The Labute approximate surface area is 113 Å². The van der Waals surface area contributed by atoms with Gasteiger partial charge in [-0.2, -0.15) is 0 Å². The number of benzene rings is 1. The number of anilines is 2. The molecule has 1 aromatic heterocycles. The summed E-state index contributed by atoms with van der Waals surface area (Å²) in [6.07, 6.45) is 1.67. The molecule has 3 nitrogen and oxygen atoms in total. The van der Waals surface area contributed by atoms with Gasteiger partial charge < -0.3 is 4.90 Å². The van der Waals surface area contributed by atoms with Crippen LogP contribution in [0, 0.1) is 13.8 Å². The number of carbonyl (C=O) groups is 1. The SMILES string of the molecule is CC(=O)c1ccnc(N(C)c2ccc(C)cc2C)c1. The van der Waals surface area contributed by atoms with Crippen molar-refractivity contribution in [3.63, 3.8) is 0 Å². The Balaban J connectivity index is 2.41. The first-order valence-corrected chi connectivity index (χ1v) is 6.27. The Morgan fingerprint density at radius 3 is 2.53 bits per heavy atom. The van der Waals surface area contributed by atoms with Crippen LogP contribution in [0.25, 0.3) is 0 Å². The largest absolute Gasteiger partial charge is 0.329 e. The number of aryl methyl sites for hydroxylation is 2. The molecule has 0 saturated heterocycles. The molecule has 0 atom stereocenters. The quantitative estimate of drug-likeness (QED) is 0.783. The zero-order valence-corrected chi connectivity index (χ0v) is 11.8. The third kappa shape index (κ3) is 2.81. The number of hydrogen-bond donors (Lipinski definition) is 0. The molecule has 0 radical (unpaired) electrons. The maximum absolute atomic E-state index is 11.4. The Bertz CT molecular complexity index is 620. The molecule has 0 fully saturated rings. The van der Waals surface area contributed by atoms with E-state index in [2.05, 4.69) is 37.0 Å². The van der Waals surface area contributed by atoms with Crippen molar-refractivity contribution < 1.29 is 4.79 Å². The van der Waals surface area contributed by atoms with Crippen LogP contribution in [0.1, 0.15) is 28.4 Å². The van der Waals surface area contributed by atoms with Gasteiger partial charge in [0.2, 0.25) is 0 Å². The van der Waals surface area contributed by atoms with Gasteiger partial charge in [0, 0.05) is 24.5 Å². The molecule has 98 valence electrons. The predicted molar refractivity (Wildman–Crippen MR) is 78.2 cm³/mol. The van der Waals surface area contributed by atoms with E-state index in [0.29, 0.717) is 5.56 Å². The van der Waals surface area contributed by atoms with Gasteiger partial charge >= 0.3 is 0 Å². The minimum absolute atomic E-state index is 0.0534. The fraction of sp³-hybridized carbons (Fsp3) is 0.250. The van der Waals surface area contributed by atoms with E-state index >= 15 is 0 Å². The Morgan fingerprint density at radius 2 is 1.89 bits per heavy atom. The Kier molecular flexibility index (Phi) is 3.65. The zero-order chi connectivity index (χ0) is 14.0. The van der Waals surface area contributed by atoms with Crippen LogP contribution in [0.3, 0.4) is 0 Å². The summed E-state index contributed by atoms with van der Waals surface area (Å²) in [5, 5.41) is 0. The first-order valence-electron chi connectivity index (χ1n) is 6.27. The van der Waals surface area contributed by atoms with Gasteiger partial charge in [-0.25, -0.2) is 4.98 Å². The summed E-state index contributed by atoms with van der Waals surface area (Å²) in [6.45, 7) is 5.72. The molecule has 3 heteroatoms. The molecule has 0 aliphatic heterocycles. The van der Waals surface area contributed by atoms with Gasteiger partial charge in [0.1, 0.15) is 5.82 Å². The molecule has 1 heterocycles. The second-order valence-electron chi connectivity index (χ2n) is 4.81. The standard InChI is InChI=1S/C16H18N2O/c1-11-5-6-15(12(2)9-11)18(4)16-10-14(13(3)19)7-8-17-16/h5-10H,1-4H3. The van der Waals surface area contributed by atoms with Crippen LogP contribution in [0.15, 0.2) is 36.5 Å². The molecular formula is C16H18N2O. The summed E-state index contributed by atoms with van der Waals surface area (Å²) < 4.78 is 0. The summed E-state index contributed by atoms with van der Waals surface area (Å²) in [6, 6.07) is 9.85. The molecule has 2 rings (SSSR count). The monoisotopic (exact) mass is 254 g/mol. The molecule has 19 heavy (non-hydrogen) atoms. The molecule has 0 unspecified atom stereocenters. The summed E-state index contributed by atoms with van der Waals surface area (Å²) in [5.41, 5.74) is 4.21. The van der Waals surface area contributed by atoms with E-state index in [1.54, 1.807) is 19.2 Å². The average Bonchev–Trinajstić information content (AvgIpc) is 2.38. The second kappa shape index (κ2) is 5.22. The van der Waals surface area contributed by atoms with Gasteiger partial charge in [0.05, 0.1) is 0 Å². The van der Waals surface area contributed by atoms with E-state index < -0.39 is 0 Å². The van der Waals surface area contributed by atoms with Crippen molar-refractivity contribution in [2.45, 2.75) is 20.8 Å². The van der Waals surface area contributed by atoms with Crippen molar-refractivity contribution in [2.24, 2.45) is 0 Å². The van der Waals surface area contributed by atoms with Crippen molar-refractivity contribution in [1.29, 1.82) is 0 Å². The van der Waals surface area contributed by atoms with Gasteiger partial charge in [-0.15, -0.1) is 0 Å². The molecule has 0 aliphatic rings. The van der Waals surface area contributed by atoms with E-state index in [1.165, 1.54) is 11.1 Å². The number of pyridine rings is 1. The van der Waals surface area contributed by atoms with E-state index in [0.717, 1.165) is 11.5 Å².